The largest absolute Gasteiger partial charge is 0.476 e. The number of carbonyl (C=O) groups is 1. The first-order valence-electron chi connectivity index (χ1n) is 5.26. The predicted octanol–water partition coefficient (Wildman–Crippen LogP) is 1.48. The third-order valence-corrected chi connectivity index (χ3v) is 3.27. The van der Waals surface area contributed by atoms with Gasteiger partial charge in [0.2, 0.25) is 5.01 Å². The quantitative estimate of drug-likeness (QED) is 0.776. The van der Waals surface area contributed by atoms with Gasteiger partial charge < -0.3 is 5.11 Å². The van der Waals surface area contributed by atoms with Crippen molar-refractivity contribution in [1.29, 1.82) is 0 Å². The Labute approximate surface area is 111 Å². The van der Waals surface area contributed by atoms with Crippen LogP contribution in [0, 0.1) is 0 Å². The molecule has 2 aromatic heterocycles. The molecule has 7 nitrogen and oxygen atoms in total. The van der Waals surface area contributed by atoms with E-state index in [1.54, 1.807) is 5.38 Å². The number of thiazole rings is 1. The molecule has 0 atom stereocenters. The summed E-state index contributed by atoms with van der Waals surface area (Å²) in [5.41, 5.74) is 2.22. The third kappa shape index (κ3) is 2.20. The van der Waals surface area contributed by atoms with Crippen LogP contribution in [0.2, 0.25) is 0 Å². The molecular weight excluding hydrogens is 266 g/mol. The highest BCUT2D eigenvalue weighted by atomic mass is 32.1. The maximum absolute atomic E-state index is 10.8. The number of carboxylic acid groups (broad SMARTS) is 1. The van der Waals surface area contributed by atoms with Gasteiger partial charge in [0, 0.05) is 10.9 Å². The molecule has 94 valence electrons. The van der Waals surface area contributed by atoms with Gasteiger partial charge in [-0.05, 0) is 22.6 Å². The Balaban J connectivity index is 2.01. The fourth-order valence-electron chi connectivity index (χ4n) is 1.59. The zero-order valence-corrected chi connectivity index (χ0v) is 10.3. The van der Waals surface area contributed by atoms with Crippen LogP contribution in [0.3, 0.4) is 0 Å². The van der Waals surface area contributed by atoms with Crippen LogP contribution in [0.4, 0.5) is 0 Å². The van der Waals surface area contributed by atoms with Crippen molar-refractivity contribution in [1.82, 2.24) is 25.2 Å². The van der Waals surface area contributed by atoms with Crippen molar-refractivity contribution in [2.45, 2.75) is 0 Å². The van der Waals surface area contributed by atoms with Crippen molar-refractivity contribution in [3.05, 3.63) is 41.0 Å². The van der Waals surface area contributed by atoms with E-state index in [0.717, 1.165) is 22.6 Å². The van der Waals surface area contributed by atoms with E-state index in [-0.39, 0.29) is 5.01 Å². The van der Waals surface area contributed by atoms with Gasteiger partial charge in [-0.1, -0.05) is 12.1 Å². The molecule has 0 saturated heterocycles. The van der Waals surface area contributed by atoms with Crippen molar-refractivity contribution in [2.75, 3.05) is 0 Å². The fraction of sp³-hybridized carbons (Fsp3) is 0. The molecule has 3 aromatic rings. The molecule has 0 radical (unpaired) electrons. The summed E-state index contributed by atoms with van der Waals surface area (Å²) in [7, 11) is 0. The van der Waals surface area contributed by atoms with Gasteiger partial charge in [-0.15, -0.1) is 16.4 Å². The summed E-state index contributed by atoms with van der Waals surface area (Å²) in [5.74, 6) is -1.02. The molecule has 0 spiro atoms. The van der Waals surface area contributed by atoms with Crippen LogP contribution in [0.25, 0.3) is 16.9 Å². The lowest BCUT2D eigenvalue weighted by atomic mass is 10.1. The molecular formula is C11H7N5O2S. The van der Waals surface area contributed by atoms with Gasteiger partial charge >= 0.3 is 5.97 Å². The maximum Gasteiger partial charge on any atom is 0.365 e. The molecule has 0 amide bonds. The molecule has 0 bridgehead atoms. The lowest BCUT2D eigenvalue weighted by Crippen LogP contribution is -1.96. The summed E-state index contributed by atoms with van der Waals surface area (Å²) in [4.78, 5) is 14.9. The van der Waals surface area contributed by atoms with Crippen LogP contribution in [0.1, 0.15) is 9.80 Å². The highest BCUT2D eigenvalue weighted by molar-refractivity contribution is 7.11. The Hall–Kier alpha value is -2.61. The lowest BCUT2D eigenvalue weighted by Gasteiger charge is -2.01. The smallest absolute Gasteiger partial charge is 0.365 e. The minimum Gasteiger partial charge on any atom is -0.476 e. The first kappa shape index (κ1) is 11.5. The Kier molecular flexibility index (Phi) is 2.76. The SMILES string of the molecule is O=C(O)c1nc(-c2cccc(-n3cnnn3)c2)cs1. The number of hydrogen-bond donors (Lipinski definition) is 1. The van der Waals surface area contributed by atoms with Crippen LogP contribution in [0.15, 0.2) is 36.0 Å². The Bertz CT molecular complexity index is 722. The Morgan fingerprint density at radius 2 is 2.26 bits per heavy atom. The van der Waals surface area contributed by atoms with Crippen molar-refractivity contribution < 1.29 is 9.90 Å². The van der Waals surface area contributed by atoms with E-state index in [2.05, 4.69) is 20.5 Å². The molecule has 0 aliphatic heterocycles. The van der Waals surface area contributed by atoms with Crippen molar-refractivity contribution in [2.24, 2.45) is 0 Å². The summed E-state index contributed by atoms with van der Waals surface area (Å²) in [6.45, 7) is 0. The molecule has 0 saturated carbocycles. The molecule has 0 aliphatic rings. The number of aromatic carboxylic acids is 1. The molecule has 8 heteroatoms. The zero-order valence-electron chi connectivity index (χ0n) is 9.46. The van der Waals surface area contributed by atoms with Crippen molar-refractivity contribution in [3.8, 4) is 16.9 Å². The minimum absolute atomic E-state index is 0.0721. The molecule has 2 heterocycles. The maximum atomic E-state index is 10.8. The van der Waals surface area contributed by atoms with Crippen LogP contribution in [-0.4, -0.2) is 36.3 Å². The van der Waals surface area contributed by atoms with E-state index in [1.165, 1.54) is 11.0 Å². The number of rotatable bonds is 3. The molecule has 0 unspecified atom stereocenters. The second-order valence-corrected chi connectivity index (χ2v) is 4.51. The zero-order chi connectivity index (χ0) is 13.2. The summed E-state index contributed by atoms with van der Waals surface area (Å²) < 4.78 is 1.52. The van der Waals surface area contributed by atoms with Gasteiger partial charge in [-0.3, -0.25) is 0 Å². The second-order valence-electron chi connectivity index (χ2n) is 3.65. The van der Waals surface area contributed by atoms with E-state index in [4.69, 9.17) is 5.11 Å². The molecule has 0 fully saturated rings. The van der Waals surface area contributed by atoms with E-state index in [9.17, 15) is 4.79 Å². The summed E-state index contributed by atoms with van der Waals surface area (Å²) in [6, 6.07) is 7.39. The van der Waals surface area contributed by atoms with E-state index < -0.39 is 5.97 Å². The van der Waals surface area contributed by atoms with Crippen LogP contribution < -0.4 is 0 Å². The average molecular weight is 273 g/mol. The van der Waals surface area contributed by atoms with E-state index in [0.29, 0.717) is 5.69 Å². The standard InChI is InChI=1S/C11H7N5O2S/c17-11(18)10-13-9(5-19-10)7-2-1-3-8(4-7)16-6-12-14-15-16/h1-6H,(H,17,18). The normalized spacial score (nSPS) is 10.5. The van der Waals surface area contributed by atoms with Gasteiger partial charge in [0.05, 0.1) is 11.4 Å². The van der Waals surface area contributed by atoms with Gasteiger partial charge in [0.1, 0.15) is 6.33 Å². The van der Waals surface area contributed by atoms with Gasteiger partial charge in [0.15, 0.2) is 0 Å². The Morgan fingerprint density at radius 1 is 1.37 bits per heavy atom. The van der Waals surface area contributed by atoms with Gasteiger partial charge in [-0.2, -0.15) is 0 Å². The number of nitrogens with zero attached hydrogens (tertiary/aromatic N) is 5. The van der Waals surface area contributed by atoms with Crippen molar-refractivity contribution >= 4 is 17.3 Å². The monoisotopic (exact) mass is 273 g/mol. The van der Waals surface area contributed by atoms with Gasteiger partial charge in [-0.25, -0.2) is 14.5 Å². The van der Waals surface area contributed by atoms with E-state index in [1.807, 2.05) is 24.3 Å². The summed E-state index contributed by atoms with van der Waals surface area (Å²) in [6.07, 6.45) is 1.49. The first-order valence-corrected chi connectivity index (χ1v) is 6.14. The van der Waals surface area contributed by atoms with Crippen LogP contribution in [-0.2, 0) is 0 Å². The van der Waals surface area contributed by atoms with Crippen LogP contribution in [0.5, 0.6) is 0 Å². The van der Waals surface area contributed by atoms with Gasteiger partial charge in [0.25, 0.3) is 0 Å². The second kappa shape index (κ2) is 4.58. The molecule has 3 rings (SSSR count). The minimum atomic E-state index is -1.02. The predicted molar refractivity (Wildman–Crippen MR) is 67.2 cm³/mol. The lowest BCUT2D eigenvalue weighted by molar-refractivity contribution is 0.0696. The topological polar surface area (TPSA) is 93.8 Å². The number of carboxylic acids is 1. The van der Waals surface area contributed by atoms with Crippen LogP contribution >= 0.6 is 11.3 Å². The molecule has 19 heavy (non-hydrogen) atoms. The molecule has 1 aromatic carbocycles. The number of hydrogen-bond acceptors (Lipinski definition) is 6. The molecule has 1 N–H and O–H groups in total. The summed E-state index contributed by atoms with van der Waals surface area (Å²) >= 11 is 1.10. The highest BCUT2D eigenvalue weighted by Crippen LogP contribution is 2.23. The first-order chi connectivity index (χ1) is 9.24. The number of benzene rings is 1. The average Bonchev–Trinajstić information content (AvgIpc) is 3.10. The van der Waals surface area contributed by atoms with E-state index >= 15 is 0 Å². The highest BCUT2D eigenvalue weighted by Gasteiger charge is 2.10. The van der Waals surface area contributed by atoms with Crippen molar-refractivity contribution in [3.63, 3.8) is 0 Å². The number of tetrazole rings is 1. The summed E-state index contributed by atoms with van der Waals surface area (Å²) in [5, 5.41) is 21.6. The number of aromatic nitrogens is 5. The third-order valence-electron chi connectivity index (χ3n) is 2.44. The molecule has 0 aliphatic carbocycles. The fourth-order valence-corrected chi connectivity index (χ4v) is 2.26. The Morgan fingerprint density at radius 3 is 2.95 bits per heavy atom.